The molecule has 3 aromatic carbocycles. The van der Waals surface area contributed by atoms with Crippen molar-refractivity contribution in [3.8, 4) is 0 Å². The fourth-order valence-electron chi connectivity index (χ4n) is 3.79. The van der Waals surface area contributed by atoms with Crippen LogP contribution in [0.2, 0.25) is 0 Å². The molecule has 4 nitrogen and oxygen atoms in total. The Kier molecular flexibility index (Phi) is 10.8. The topological polar surface area (TPSA) is 49.4 Å². The number of rotatable bonds is 13. The van der Waals surface area contributed by atoms with E-state index in [0.29, 0.717) is 24.3 Å². The number of benzene rings is 3. The molecule has 0 fully saturated rings. The molecule has 0 aliphatic carbocycles. The van der Waals surface area contributed by atoms with Crippen LogP contribution in [0.1, 0.15) is 37.3 Å². The Labute approximate surface area is 211 Å². The lowest BCUT2D eigenvalue weighted by Gasteiger charge is -2.31. The number of nitrogens with zero attached hydrogens (tertiary/aromatic N) is 1. The summed E-state index contributed by atoms with van der Waals surface area (Å²) < 4.78 is 14.6. The van der Waals surface area contributed by atoms with Crippen LogP contribution in [0.15, 0.2) is 89.8 Å². The van der Waals surface area contributed by atoms with Gasteiger partial charge in [-0.3, -0.25) is 9.59 Å². The summed E-state index contributed by atoms with van der Waals surface area (Å²) in [5.41, 5.74) is 1.35. The molecule has 184 valence electrons. The molecule has 1 N–H and O–H groups in total. The van der Waals surface area contributed by atoms with E-state index in [1.54, 1.807) is 34.9 Å². The summed E-state index contributed by atoms with van der Waals surface area (Å²) in [6, 6.07) is 25.2. The molecule has 0 bridgehead atoms. The van der Waals surface area contributed by atoms with Crippen LogP contribution in [0.3, 0.4) is 0 Å². The zero-order chi connectivity index (χ0) is 24.9. The predicted molar refractivity (Wildman–Crippen MR) is 141 cm³/mol. The molecule has 3 rings (SSSR count). The van der Waals surface area contributed by atoms with Gasteiger partial charge < -0.3 is 10.2 Å². The Morgan fingerprint density at radius 3 is 2.29 bits per heavy atom. The van der Waals surface area contributed by atoms with Gasteiger partial charge in [-0.05, 0) is 30.2 Å². The standard InChI is InChI=1S/C29H33FN2O2S/c1-2-3-19-31-29(34)27(21-23-12-6-4-7-13-23)32(22-24-14-10-11-17-26(24)30)28(33)18-20-35-25-15-8-5-9-16-25/h4-17,27H,2-3,18-22H2,1H3,(H,31,34). The fourth-order valence-corrected chi connectivity index (χ4v) is 4.65. The quantitative estimate of drug-likeness (QED) is 0.240. The molecule has 0 aliphatic heterocycles. The van der Waals surface area contributed by atoms with Crippen molar-refractivity contribution >= 4 is 23.6 Å². The van der Waals surface area contributed by atoms with Crippen LogP contribution >= 0.6 is 11.8 Å². The van der Waals surface area contributed by atoms with Gasteiger partial charge >= 0.3 is 0 Å². The number of thioether (sulfide) groups is 1. The summed E-state index contributed by atoms with van der Waals surface area (Å²) in [7, 11) is 0. The highest BCUT2D eigenvalue weighted by molar-refractivity contribution is 7.99. The van der Waals surface area contributed by atoms with Crippen LogP contribution in [0.25, 0.3) is 0 Å². The van der Waals surface area contributed by atoms with Crippen molar-refractivity contribution in [1.82, 2.24) is 10.2 Å². The first-order chi connectivity index (χ1) is 17.1. The van der Waals surface area contributed by atoms with E-state index >= 15 is 0 Å². The van der Waals surface area contributed by atoms with Gasteiger partial charge in [0.15, 0.2) is 0 Å². The summed E-state index contributed by atoms with van der Waals surface area (Å²) in [6.07, 6.45) is 2.43. The lowest BCUT2D eigenvalue weighted by molar-refractivity contribution is -0.141. The third-order valence-corrected chi connectivity index (χ3v) is 6.74. The molecule has 1 unspecified atom stereocenters. The van der Waals surface area contributed by atoms with Crippen LogP contribution in [-0.4, -0.2) is 35.1 Å². The van der Waals surface area contributed by atoms with E-state index in [1.165, 1.54) is 6.07 Å². The summed E-state index contributed by atoms with van der Waals surface area (Å²) in [4.78, 5) is 29.5. The smallest absolute Gasteiger partial charge is 0.243 e. The normalized spacial score (nSPS) is 11.6. The van der Waals surface area contributed by atoms with Crippen LogP contribution in [0, 0.1) is 5.82 Å². The van der Waals surface area contributed by atoms with Gasteiger partial charge in [-0.15, -0.1) is 11.8 Å². The molecular weight excluding hydrogens is 459 g/mol. The largest absolute Gasteiger partial charge is 0.354 e. The average molecular weight is 493 g/mol. The van der Waals surface area contributed by atoms with Crippen LogP contribution in [0.5, 0.6) is 0 Å². The number of halogens is 1. The monoisotopic (exact) mass is 492 g/mol. The first-order valence-electron chi connectivity index (χ1n) is 12.1. The zero-order valence-electron chi connectivity index (χ0n) is 20.2. The molecule has 35 heavy (non-hydrogen) atoms. The number of carbonyl (C=O) groups excluding carboxylic acids is 2. The lowest BCUT2D eigenvalue weighted by Crippen LogP contribution is -2.50. The lowest BCUT2D eigenvalue weighted by atomic mass is 10.0. The molecule has 3 aromatic rings. The number of hydrogen-bond donors (Lipinski definition) is 1. The third-order valence-electron chi connectivity index (χ3n) is 5.73. The highest BCUT2D eigenvalue weighted by Crippen LogP contribution is 2.21. The SMILES string of the molecule is CCCCNC(=O)C(Cc1ccccc1)N(Cc1ccccc1F)C(=O)CCSc1ccccc1. The van der Waals surface area contributed by atoms with Gasteiger partial charge in [-0.25, -0.2) is 4.39 Å². The second kappa shape index (κ2) is 14.3. The predicted octanol–water partition coefficient (Wildman–Crippen LogP) is 5.86. The van der Waals surface area contributed by atoms with E-state index in [9.17, 15) is 14.0 Å². The van der Waals surface area contributed by atoms with Crippen molar-refractivity contribution < 1.29 is 14.0 Å². The minimum Gasteiger partial charge on any atom is -0.354 e. The second-order valence-corrected chi connectivity index (χ2v) is 9.54. The maximum absolute atomic E-state index is 14.6. The highest BCUT2D eigenvalue weighted by atomic mass is 32.2. The van der Waals surface area contributed by atoms with E-state index in [1.807, 2.05) is 60.7 Å². The maximum atomic E-state index is 14.6. The Hall–Kier alpha value is -3.12. The molecule has 0 spiro atoms. The molecule has 0 heterocycles. The Morgan fingerprint density at radius 1 is 0.943 bits per heavy atom. The number of carbonyl (C=O) groups is 2. The summed E-state index contributed by atoms with van der Waals surface area (Å²) >= 11 is 1.59. The van der Waals surface area contributed by atoms with Gasteiger partial charge in [-0.2, -0.15) is 0 Å². The van der Waals surface area contributed by atoms with E-state index in [4.69, 9.17) is 0 Å². The van der Waals surface area contributed by atoms with Gasteiger partial charge in [-0.1, -0.05) is 80.1 Å². The summed E-state index contributed by atoms with van der Waals surface area (Å²) in [5.74, 6) is -0.175. The third kappa shape index (κ3) is 8.55. The minimum absolute atomic E-state index is 0.0419. The second-order valence-electron chi connectivity index (χ2n) is 8.37. The number of amides is 2. The van der Waals surface area contributed by atoms with Crippen molar-refractivity contribution in [2.45, 2.75) is 50.1 Å². The first kappa shape index (κ1) is 26.5. The molecule has 0 saturated heterocycles. The van der Waals surface area contributed by atoms with Crippen LogP contribution < -0.4 is 5.32 Å². The molecule has 0 aliphatic rings. The van der Waals surface area contributed by atoms with E-state index in [0.717, 1.165) is 23.3 Å². The Balaban J connectivity index is 1.84. The van der Waals surface area contributed by atoms with Gasteiger partial charge in [0, 0.05) is 42.1 Å². The Morgan fingerprint density at radius 2 is 1.60 bits per heavy atom. The summed E-state index contributed by atoms with van der Waals surface area (Å²) in [6.45, 7) is 2.65. The van der Waals surface area contributed by atoms with Crippen LogP contribution in [0.4, 0.5) is 4.39 Å². The molecule has 0 saturated carbocycles. The maximum Gasteiger partial charge on any atom is 0.243 e. The Bertz CT molecular complexity index is 1060. The fraction of sp³-hybridized carbons (Fsp3) is 0.310. The van der Waals surface area contributed by atoms with Gasteiger partial charge in [0.2, 0.25) is 11.8 Å². The van der Waals surface area contributed by atoms with Crippen molar-refractivity contribution in [2.75, 3.05) is 12.3 Å². The number of nitrogens with one attached hydrogen (secondary N) is 1. The molecule has 1 atom stereocenters. The summed E-state index contributed by atoms with van der Waals surface area (Å²) in [5, 5.41) is 2.99. The van der Waals surface area contributed by atoms with Crippen molar-refractivity contribution in [3.63, 3.8) is 0 Å². The first-order valence-corrected chi connectivity index (χ1v) is 13.1. The van der Waals surface area contributed by atoms with Gasteiger partial charge in [0.05, 0.1) is 0 Å². The van der Waals surface area contributed by atoms with Crippen LogP contribution in [-0.2, 0) is 22.6 Å². The molecule has 6 heteroatoms. The minimum atomic E-state index is -0.733. The average Bonchev–Trinajstić information content (AvgIpc) is 2.88. The molecule has 0 aromatic heterocycles. The van der Waals surface area contributed by atoms with E-state index in [2.05, 4.69) is 12.2 Å². The molecular formula is C29H33FN2O2S. The highest BCUT2D eigenvalue weighted by Gasteiger charge is 2.30. The zero-order valence-corrected chi connectivity index (χ0v) is 21.0. The number of unbranched alkanes of at least 4 members (excludes halogenated alkanes) is 1. The van der Waals surface area contributed by atoms with E-state index in [-0.39, 0.29) is 30.6 Å². The molecule has 2 amide bonds. The number of hydrogen-bond acceptors (Lipinski definition) is 3. The van der Waals surface area contributed by atoms with E-state index < -0.39 is 6.04 Å². The van der Waals surface area contributed by atoms with Gasteiger partial charge in [0.25, 0.3) is 0 Å². The molecule has 0 radical (unpaired) electrons. The van der Waals surface area contributed by atoms with Crippen molar-refractivity contribution in [1.29, 1.82) is 0 Å². The van der Waals surface area contributed by atoms with Gasteiger partial charge in [0.1, 0.15) is 11.9 Å². The van der Waals surface area contributed by atoms with Crippen molar-refractivity contribution in [3.05, 3.63) is 102 Å². The van der Waals surface area contributed by atoms with Crippen molar-refractivity contribution in [2.24, 2.45) is 0 Å².